The van der Waals surface area contributed by atoms with E-state index in [1.807, 2.05) is 24.0 Å². The average molecular weight is 443 g/mol. The summed E-state index contributed by atoms with van der Waals surface area (Å²) in [5.41, 5.74) is 3.04. The molecule has 0 saturated heterocycles. The van der Waals surface area contributed by atoms with Crippen LogP contribution in [0.25, 0.3) is 0 Å². The monoisotopic (exact) mass is 442 g/mol. The second kappa shape index (κ2) is 9.75. The van der Waals surface area contributed by atoms with E-state index in [1.165, 1.54) is 49.4 Å². The molecule has 0 saturated carbocycles. The van der Waals surface area contributed by atoms with Crippen molar-refractivity contribution in [1.82, 2.24) is 9.21 Å². The zero-order chi connectivity index (χ0) is 22.6. The summed E-state index contributed by atoms with van der Waals surface area (Å²) in [5.74, 6) is -0.311. The predicted octanol–water partition coefficient (Wildman–Crippen LogP) is 3.31. The summed E-state index contributed by atoms with van der Waals surface area (Å²) < 4.78 is 27.0. The standard InChI is InChI=1S/C24H30N2O4S/c1-4-15-26(22-12-9-20-7-5-6-8-21(20)16-22)24(28)17-25(3)31(29,30)23-13-10-19(11-14-23)18(2)27/h5-8,10-11,13-14,22H,4,9,12,15-17H2,1-3H3/t22-/m1/s1. The number of aryl methyl sites for hydroxylation is 1. The summed E-state index contributed by atoms with van der Waals surface area (Å²) in [6.07, 6.45) is 3.41. The number of rotatable bonds is 8. The lowest BCUT2D eigenvalue weighted by molar-refractivity contribution is -0.133. The lowest BCUT2D eigenvalue weighted by Crippen LogP contribution is -2.48. The number of hydrogen-bond acceptors (Lipinski definition) is 4. The molecular formula is C24H30N2O4S. The van der Waals surface area contributed by atoms with Crippen LogP contribution >= 0.6 is 0 Å². The van der Waals surface area contributed by atoms with E-state index in [2.05, 4.69) is 12.1 Å². The summed E-state index contributed by atoms with van der Waals surface area (Å²) in [5, 5.41) is 0. The summed E-state index contributed by atoms with van der Waals surface area (Å²) >= 11 is 0. The first-order chi connectivity index (χ1) is 14.7. The van der Waals surface area contributed by atoms with Crippen LogP contribution in [0, 0.1) is 0 Å². The smallest absolute Gasteiger partial charge is 0.243 e. The number of hydrogen-bond donors (Lipinski definition) is 0. The highest BCUT2D eigenvalue weighted by molar-refractivity contribution is 7.89. The maximum atomic E-state index is 13.2. The Bertz CT molecular complexity index is 1050. The van der Waals surface area contributed by atoms with Gasteiger partial charge >= 0.3 is 0 Å². The Balaban J connectivity index is 1.73. The van der Waals surface area contributed by atoms with E-state index in [1.54, 1.807) is 0 Å². The van der Waals surface area contributed by atoms with E-state index >= 15 is 0 Å². The highest BCUT2D eigenvalue weighted by Gasteiger charge is 2.30. The van der Waals surface area contributed by atoms with Crippen LogP contribution in [0.5, 0.6) is 0 Å². The molecule has 0 unspecified atom stereocenters. The second-order valence-corrected chi connectivity index (χ2v) is 10.1. The molecule has 0 N–H and O–H groups in total. The number of ketones is 1. The third-order valence-corrected chi connectivity index (χ3v) is 7.69. The fraction of sp³-hybridized carbons (Fsp3) is 0.417. The Hall–Kier alpha value is -2.51. The number of amides is 1. The molecule has 1 amide bonds. The molecule has 0 fully saturated rings. The number of sulfonamides is 1. The topological polar surface area (TPSA) is 74.8 Å². The molecule has 0 heterocycles. The van der Waals surface area contributed by atoms with Crippen LogP contribution < -0.4 is 0 Å². The van der Waals surface area contributed by atoms with E-state index in [9.17, 15) is 18.0 Å². The van der Waals surface area contributed by atoms with Crippen LogP contribution in [0.4, 0.5) is 0 Å². The van der Waals surface area contributed by atoms with Crippen molar-refractivity contribution in [1.29, 1.82) is 0 Å². The third kappa shape index (κ3) is 5.22. The minimum absolute atomic E-state index is 0.0708. The molecule has 0 radical (unpaired) electrons. The van der Waals surface area contributed by atoms with Gasteiger partial charge in [-0.05, 0) is 55.9 Å². The van der Waals surface area contributed by atoms with Crippen LogP contribution in [0.2, 0.25) is 0 Å². The fourth-order valence-electron chi connectivity index (χ4n) is 4.10. The molecule has 1 aliphatic rings. The number of nitrogens with zero attached hydrogens (tertiary/aromatic N) is 2. The fourth-order valence-corrected chi connectivity index (χ4v) is 5.22. The molecule has 0 spiro atoms. The zero-order valence-electron chi connectivity index (χ0n) is 18.4. The summed E-state index contributed by atoms with van der Waals surface area (Å²) in [6, 6.07) is 14.2. The van der Waals surface area contributed by atoms with E-state index in [0.717, 1.165) is 30.0 Å². The first kappa shape index (κ1) is 23.2. The minimum atomic E-state index is -3.83. The molecule has 7 heteroatoms. The van der Waals surface area contributed by atoms with Gasteiger partial charge in [-0.1, -0.05) is 43.3 Å². The van der Waals surface area contributed by atoms with Crippen LogP contribution in [0.3, 0.4) is 0 Å². The van der Waals surface area contributed by atoms with Gasteiger partial charge in [-0.15, -0.1) is 0 Å². The molecule has 31 heavy (non-hydrogen) atoms. The van der Waals surface area contributed by atoms with E-state index in [0.29, 0.717) is 12.1 Å². The minimum Gasteiger partial charge on any atom is -0.338 e. The SMILES string of the molecule is CCCN(C(=O)CN(C)S(=O)(=O)c1ccc(C(C)=O)cc1)[C@@H]1CCc2ccccc2C1. The Labute approximate surface area is 184 Å². The van der Waals surface area contributed by atoms with Crippen LogP contribution in [-0.4, -0.2) is 55.5 Å². The van der Waals surface area contributed by atoms with Gasteiger partial charge in [-0.3, -0.25) is 9.59 Å². The van der Waals surface area contributed by atoms with E-state index in [4.69, 9.17) is 0 Å². The number of likely N-dealkylation sites (N-methyl/N-ethyl adjacent to an activating group) is 1. The molecule has 0 bridgehead atoms. The van der Waals surface area contributed by atoms with Crippen LogP contribution in [0.1, 0.15) is 48.2 Å². The van der Waals surface area contributed by atoms with Crippen LogP contribution in [0.15, 0.2) is 53.4 Å². The average Bonchev–Trinajstić information content (AvgIpc) is 2.77. The van der Waals surface area contributed by atoms with Gasteiger partial charge in [0.25, 0.3) is 0 Å². The number of benzene rings is 2. The number of fused-ring (bicyclic) bond motifs is 1. The van der Waals surface area contributed by atoms with Crippen molar-refractivity contribution in [2.24, 2.45) is 0 Å². The van der Waals surface area contributed by atoms with Crippen molar-refractivity contribution in [2.75, 3.05) is 20.1 Å². The van der Waals surface area contributed by atoms with E-state index in [-0.39, 0.29) is 29.2 Å². The Morgan fingerprint density at radius 1 is 1.03 bits per heavy atom. The van der Waals surface area contributed by atoms with Gasteiger partial charge in [0.05, 0.1) is 11.4 Å². The van der Waals surface area contributed by atoms with Crippen molar-refractivity contribution in [2.45, 2.75) is 50.5 Å². The highest BCUT2D eigenvalue weighted by atomic mass is 32.2. The summed E-state index contributed by atoms with van der Waals surface area (Å²) in [6.45, 7) is 3.84. The maximum absolute atomic E-state index is 13.2. The largest absolute Gasteiger partial charge is 0.338 e. The van der Waals surface area contributed by atoms with Gasteiger partial charge in [-0.25, -0.2) is 8.42 Å². The van der Waals surface area contributed by atoms with Crippen LogP contribution in [-0.2, 0) is 27.7 Å². The molecule has 0 aliphatic heterocycles. The second-order valence-electron chi connectivity index (χ2n) is 8.09. The van der Waals surface area contributed by atoms with Gasteiger partial charge in [-0.2, -0.15) is 4.31 Å². The van der Waals surface area contributed by atoms with Crippen molar-refractivity contribution >= 4 is 21.7 Å². The molecule has 3 rings (SSSR count). The third-order valence-electron chi connectivity index (χ3n) is 5.87. The van der Waals surface area contributed by atoms with Gasteiger partial charge < -0.3 is 4.90 Å². The van der Waals surface area contributed by atoms with Gasteiger partial charge in [0.15, 0.2) is 5.78 Å². The lowest BCUT2D eigenvalue weighted by Gasteiger charge is -2.36. The van der Waals surface area contributed by atoms with Gasteiger partial charge in [0.2, 0.25) is 15.9 Å². The Morgan fingerprint density at radius 2 is 1.68 bits per heavy atom. The Morgan fingerprint density at radius 3 is 2.29 bits per heavy atom. The number of carbonyl (C=O) groups excluding carboxylic acids is 2. The normalized spacial score (nSPS) is 16.1. The summed E-state index contributed by atoms with van der Waals surface area (Å²) in [7, 11) is -2.41. The molecule has 1 atom stereocenters. The zero-order valence-corrected chi connectivity index (χ0v) is 19.2. The van der Waals surface area contributed by atoms with E-state index < -0.39 is 10.0 Å². The molecule has 2 aromatic carbocycles. The quantitative estimate of drug-likeness (QED) is 0.588. The van der Waals surface area contributed by atoms with Crippen molar-refractivity contribution in [3.63, 3.8) is 0 Å². The molecule has 0 aromatic heterocycles. The molecule has 6 nitrogen and oxygen atoms in total. The highest BCUT2D eigenvalue weighted by Crippen LogP contribution is 2.25. The Kier molecular flexibility index (Phi) is 7.28. The van der Waals surface area contributed by atoms with Crippen molar-refractivity contribution < 1.29 is 18.0 Å². The van der Waals surface area contributed by atoms with Crippen molar-refractivity contribution in [3.05, 3.63) is 65.2 Å². The molecule has 166 valence electrons. The first-order valence-electron chi connectivity index (χ1n) is 10.7. The predicted molar refractivity (Wildman–Crippen MR) is 121 cm³/mol. The molecular weight excluding hydrogens is 412 g/mol. The van der Waals surface area contributed by atoms with Gasteiger partial charge in [0.1, 0.15) is 0 Å². The lowest BCUT2D eigenvalue weighted by atomic mass is 9.87. The first-order valence-corrected chi connectivity index (χ1v) is 12.1. The number of Topliss-reactive ketones (excluding diaryl/α,β-unsaturated/α-hetero) is 1. The maximum Gasteiger partial charge on any atom is 0.243 e. The summed E-state index contributed by atoms with van der Waals surface area (Å²) in [4.78, 5) is 26.5. The number of carbonyl (C=O) groups is 2. The molecule has 1 aliphatic carbocycles. The molecule has 2 aromatic rings. The van der Waals surface area contributed by atoms with Gasteiger partial charge in [0, 0.05) is 25.2 Å². The van der Waals surface area contributed by atoms with Crippen molar-refractivity contribution in [3.8, 4) is 0 Å².